The van der Waals surface area contributed by atoms with Gasteiger partial charge < -0.3 is 0 Å². The van der Waals surface area contributed by atoms with E-state index in [4.69, 9.17) is 0 Å². The molecular formula is C34H34SiZr. The molecule has 4 aromatic carbocycles. The summed E-state index contributed by atoms with van der Waals surface area (Å²) in [6, 6.07) is 35.8. The second-order valence-electron chi connectivity index (χ2n) is 11.9. The first-order valence-electron chi connectivity index (χ1n) is 13.0. The Morgan fingerprint density at radius 2 is 0.917 bits per heavy atom. The third kappa shape index (κ3) is 3.65. The average molecular weight is 562 g/mol. The molecule has 0 spiro atoms. The number of allylic oxidation sites excluding steroid dienone is 2. The molecule has 0 amide bonds. The van der Waals surface area contributed by atoms with Gasteiger partial charge in [0.25, 0.3) is 0 Å². The fourth-order valence-electron chi connectivity index (χ4n) is 7.53. The van der Waals surface area contributed by atoms with Crippen molar-refractivity contribution in [3.8, 4) is 22.3 Å². The predicted octanol–water partition coefficient (Wildman–Crippen LogP) is 8.97. The van der Waals surface area contributed by atoms with Gasteiger partial charge in [-0.05, 0) is 0 Å². The molecule has 178 valence electrons. The average Bonchev–Trinajstić information content (AvgIpc) is 3.41. The number of rotatable bonds is 4. The van der Waals surface area contributed by atoms with Gasteiger partial charge in [0.15, 0.2) is 0 Å². The van der Waals surface area contributed by atoms with Crippen LogP contribution in [-0.4, -0.2) is 6.88 Å². The van der Waals surface area contributed by atoms with Crippen molar-refractivity contribution >= 4 is 19.0 Å². The molecule has 0 saturated carbocycles. The Balaban J connectivity index is 1.51. The first kappa shape index (κ1) is 23.8. The van der Waals surface area contributed by atoms with Gasteiger partial charge in [0, 0.05) is 0 Å². The van der Waals surface area contributed by atoms with Crippen molar-refractivity contribution in [3.05, 3.63) is 130 Å². The Labute approximate surface area is 218 Å². The van der Waals surface area contributed by atoms with Gasteiger partial charge in [0.1, 0.15) is 0 Å². The van der Waals surface area contributed by atoms with Gasteiger partial charge in [-0.1, -0.05) is 0 Å². The first-order chi connectivity index (χ1) is 17.2. The van der Waals surface area contributed by atoms with Crippen molar-refractivity contribution < 1.29 is 17.4 Å². The maximum absolute atomic E-state index is 3.48. The Morgan fingerprint density at radius 3 is 1.31 bits per heavy atom. The quantitative estimate of drug-likeness (QED) is 0.218. The molecule has 0 aliphatic heterocycles. The summed E-state index contributed by atoms with van der Waals surface area (Å²) in [5.41, 5.74) is 14.5. The molecule has 0 aromatic heterocycles. The van der Waals surface area contributed by atoms with E-state index in [0.717, 1.165) is 0 Å². The van der Waals surface area contributed by atoms with Crippen molar-refractivity contribution in [2.45, 2.75) is 30.4 Å². The van der Waals surface area contributed by atoms with Crippen LogP contribution in [0.5, 0.6) is 0 Å². The Kier molecular flexibility index (Phi) is 5.63. The molecule has 6 rings (SSSR count). The number of fused-ring (bicyclic) bond motifs is 2. The van der Waals surface area contributed by atoms with Gasteiger partial charge in [-0.3, -0.25) is 0 Å². The van der Waals surface area contributed by atoms with Gasteiger partial charge in [-0.2, -0.15) is 0 Å². The molecule has 0 N–H and O–H groups in total. The van der Waals surface area contributed by atoms with Crippen molar-refractivity contribution in [2.75, 3.05) is 0 Å². The van der Waals surface area contributed by atoms with Crippen LogP contribution in [0.15, 0.2) is 108 Å². The van der Waals surface area contributed by atoms with E-state index in [1.165, 1.54) is 33.4 Å². The van der Waals surface area contributed by atoms with Gasteiger partial charge in [-0.25, -0.2) is 0 Å². The molecule has 0 radical (unpaired) electrons. The minimum absolute atomic E-state index is 0.545. The molecular weight excluding hydrogens is 528 g/mol. The molecule has 0 bridgehead atoms. The zero-order chi connectivity index (χ0) is 25.1. The zero-order valence-electron chi connectivity index (χ0n) is 21.8. The van der Waals surface area contributed by atoms with Crippen molar-refractivity contribution in [1.82, 2.24) is 0 Å². The predicted molar refractivity (Wildman–Crippen MR) is 157 cm³/mol. The fraction of sp³-hybridized carbons (Fsp3) is 0.176. The van der Waals surface area contributed by atoms with Gasteiger partial charge in [-0.15, -0.1) is 0 Å². The SMILES string of the molecule is CC1=Cc2c(-c3ccccc3)cccc2[CH]1[Zr]([CH3])([CH3])(=[SiH2])[CH]1C(C)=Cc2c(-c3ccccc3)cccc21. The molecule has 0 saturated heterocycles. The minimum atomic E-state index is -3.48. The van der Waals surface area contributed by atoms with Crippen LogP contribution in [0.25, 0.3) is 34.4 Å². The Hall–Kier alpha value is -2.54. The normalized spacial score (nSPS) is 18.9. The molecule has 0 heterocycles. The topological polar surface area (TPSA) is 0 Å². The number of hydrogen-bond donors (Lipinski definition) is 0. The van der Waals surface area contributed by atoms with E-state index in [1.807, 2.05) is 0 Å². The van der Waals surface area contributed by atoms with Crippen molar-refractivity contribution in [3.63, 3.8) is 0 Å². The summed E-state index contributed by atoms with van der Waals surface area (Å²) in [5.74, 6) is 0. The molecule has 36 heavy (non-hydrogen) atoms. The van der Waals surface area contributed by atoms with E-state index in [2.05, 4.69) is 139 Å². The fourth-order valence-corrected chi connectivity index (χ4v) is 28.8. The van der Waals surface area contributed by atoms with Crippen LogP contribution >= 0.6 is 0 Å². The molecule has 2 heteroatoms. The van der Waals surface area contributed by atoms with E-state index in [-0.39, 0.29) is 0 Å². The monoisotopic (exact) mass is 560 g/mol. The van der Waals surface area contributed by atoms with E-state index >= 15 is 0 Å². The Morgan fingerprint density at radius 1 is 0.528 bits per heavy atom. The molecule has 4 aromatic rings. The Bertz CT molecular complexity index is 1500. The summed E-state index contributed by atoms with van der Waals surface area (Å²) in [6.45, 7) is 7.20. The van der Waals surface area contributed by atoms with E-state index in [0.29, 0.717) is 7.25 Å². The summed E-state index contributed by atoms with van der Waals surface area (Å²) in [4.78, 5) is 0. The molecule has 2 unspecified atom stereocenters. The van der Waals surface area contributed by atoms with Gasteiger partial charge >= 0.3 is 220 Å². The zero-order valence-corrected chi connectivity index (χ0v) is 25.6. The summed E-state index contributed by atoms with van der Waals surface area (Å²) in [7, 11) is 0. The summed E-state index contributed by atoms with van der Waals surface area (Å²) in [6.07, 6.45) is 5.01. The summed E-state index contributed by atoms with van der Waals surface area (Å²) in [5, 5.41) is 0. The third-order valence-electron chi connectivity index (χ3n) is 8.62. The van der Waals surface area contributed by atoms with Crippen molar-refractivity contribution in [2.24, 2.45) is 0 Å². The van der Waals surface area contributed by atoms with Crippen molar-refractivity contribution in [1.29, 1.82) is 0 Å². The van der Waals surface area contributed by atoms with Crippen LogP contribution in [0.3, 0.4) is 0 Å². The second kappa shape index (κ2) is 8.51. The van der Waals surface area contributed by atoms with Crippen LogP contribution in [0, 0.1) is 0 Å². The van der Waals surface area contributed by atoms with Crippen LogP contribution in [-0.2, 0) is 17.4 Å². The van der Waals surface area contributed by atoms with Crippen LogP contribution < -0.4 is 0 Å². The van der Waals surface area contributed by atoms with Crippen LogP contribution in [0.2, 0.25) is 9.26 Å². The standard InChI is InChI=1S/2C16H13.2CH3.H2Si.Zr/c2*1-12-10-14-8-5-9-15(16(14)11-12)13-6-3-2-4-7-13;;;;/h2*2-11H,1H3;2*1H3;1H2;. The summed E-state index contributed by atoms with van der Waals surface area (Å²) < 4.78 is 6.53. The summed E-state index contributed by atoms with van der Waals surface area (Å²) >= 11 is -3.48. The number of benzene rings is 4. The van der Waals surface area contributed by atoms with E-state index in [9.17, 15) is 0 Å². The second-order valence-corrected chi connectivity index (χ2v) is 42.4. The first-order valence-corrected chi connectivity index (χ1v) is 26.7. The molecule has 0 fully saturated rings. The number of hydrogen-bond acceptors (Lipinski definition) is 0. The third-order valence-corrected chi connectivity index (χ3v) is 26.5. The molecule has 0 nitrogen and oxygen atoms in total. The van der Waals surface area contributed by atoms with Crippen LogP contribution in [0.1, 0.15) is 43.4 Å². The van der Waals surface area contributed by atoms with E-state index < -0.39 is 17.4 Å². The molecule has 2 aliphatic carbocycles. The van der Waals surface area contributed by atoms with Gasteiger partial charge in [0.2, 0.25) is 0 Å². The van der Waals surface area contributed by atoms with Crippen LogP contribution in [0.4, 0.5) is 0 Å². The van der Waals surface area contributed by atoms with E-state index in [1.54, 1.807) is 22.3 Å². The molecule has 2 aliphatic rings. The van der Waals surface area contributed by atoms with Gasteiger partial charge in [0.05, 0.1) is 0 Å². The molecule has 2 atom stereocenters. The maximum atomic E-state index is 2.72.